The van der Waals surface area contributed by atoms with Crippen LogP contribution in [0.2, 0.25) is 0 Å². The molecule has 23 N–H and O–H groups in total. The fraction of sp³-hybridized carbons (Fsp3) is 0.711. The quantitative estimate of drug-likeness (QED) is 0.0326. The van der Waals surface area contributed by atoms with Gasteiger partial charge in [0.05, 0.1) is 0 Å². The highest BCUT2D eigenvalue weighted by Gasteiger charge is 2.35. The van der Waals surface area contributed by atoms with E-state index in [0.29, 0.717) is 0 Å². The van der Waals surface area contributed by atoms with Crippen molar-refractivity contribution < 1.29 is 33.6 Å². The van der Waals surface area contributed by atoms with Crippen LogP contribution in [0.15, 0.2) is 20.0 Å². The van der Waals surface area contributed by atoms with Gasteiger partial charge in [-0.25, -0.2) is 0 Å². The Morgan fingerprint density at radius 3 is 1.02 bits per heavy atom. The van der Waals surface area contributed by atoms with Gasteiger partial charge in [-0.3, -0.25) is 53.5 Å². The SMILES string of the molecule is CC(C)CC1NC(=O)C(C(C)C)NC(=O)C(CCCN=C(N)N)NC(=O)C(CCCN=C(N)N)NC(=O)C(C)NC(=O)C(CCCN=C(N)N)NC(=O)C(CCCN=C(N)N)NC1=O. The zero-order valence-electron chi connectivity index (χ0n) is 37.7. The standard InChI is InChI=1S/C38H73N19O7/c1-19(2)18-26-33(63)55-24(12-8-16-49-37(43)44)31(61)53-22(10-6-14-47-35(39)40)29(59)51-21(5)28(58)52-23(11-7-15-48-36(41)42)30(60)54-25(13-9-17-50-38(45)46)32(62)57-27(20(3)4)34(64)56-26/h19-27H,6-18H2,1-5H3,(H,51,59)(H,52,58)(H,53,61)(H,54,60)(H,55,63)(H,56,64)(H,57,62)(H4,39,40,47)(H4,41,42,48)(H4,43,44,49)(H4,45,46,50). The molecule has 7 atom stereocenters. The summed E-state index contributed by atoms with van der Waals surface area (Å²) < 4.78 is 0. The lowest BCUT2D eigenvalue weighted by molar-refractivity contribution is -0.136. The average molecular weight is 908 g/mol. The van der Waals surface area contributed by atoms with Crippen LogP contribution in [0.5, 0.6) is 0 Å². The lowest BCUT2D eigenvalue weighted by Crippen LogP contribution is -2.60. The molecule has 1 aliphatic heterocycles. The third-order valence-corrected chi connectivity index (χ3v) is 9.65. The first-order valence-corrected chi connectivity index (χ1v) is 21.4. The van der Waals surface area contributed by atoms with Crippen molar-refractivity contribution in [3.05, 3.63) is 0 Å². The van der Waals surface area contributed by atoms with Crippen LogP contribution in [0.4, 0.5) is 0 Å². The van der Waals surface area contributed by atoms with Crippen LogP contribution in [0.1, 0.15) is 92.4 Å². The Balaban J connectivity index is 3.91. The number of amides is 7. The number of carbonyl (C=O) groups is 7. The number of rotatable bonds is 19. The summed E-state index contributed by atoms with van der Waals surface area (Å²) in [6.45, 7) is 8.76. The third kappa shape index (κ3) is 22.5. The van der Waals surface area contributed by atoms with E-state index in [2.05, 4.69) is 57.2 Å². The molecule has 1 rings (SSSR count). The summed E-state index contributed by atoms with van der Waals surface area (Å²) >= 11 is 0. The van der Waals surface area contributed by atoms with Gasteiger partial charge in [-0.05, 0) is 76.5 Å². The summed E-state index contributed by atoms with van der Waals surface area (Å²) in [5.41, 5.74) is 43.9. The van der Waals surface area contributed by atoms with Gasteiger partial charge in [0.15, 0.2) is 23.8 Å². The van der Waals surface area contributed by atoms with E-state index in [9.17, 15) is 33.6 Å². The minimum atomic E-state index is -1.28. The Morgan fingerprint density at radius 2 is 0.703 bits per heavy atom. The van der Waals surface area contributed by atoms with Gasteiger partial charge in [0, 0.05) is 26.2 Å². The van der Waals surface area contributed by atoms with Gasteiger partial charge in [0.2, 0.25) is 41.4 Å². The minimum absolute atomic E-state index is 0.00129. The molecule has 64 heavy (non-hydrogen) atoms. The molecular formula is C38H73N19O7. The number of aliphatic imine (C=N–C) groups is 4. The number of nitrogens with one attached hydrogen (secondary N) is 7. The molecule has 0 aromatic heterocycles. The molecule has 26 heteroatoms. The predicted octanol–water partition coefficient (Wildman–Crippen LogP) is -5.67. The molecule has 1 heterocycles. The summed E-state index contributed by atoms with van der Waals surface area (Å²) in [7, 11) is 0. The number of nitrogens with zero attached hydrogens (tertiary/aromatic N) is 4. The molecule has 0 aromatic rings. The van der Waals surface area contributed by atoms with Crippen molar-refractivity contribution in [3.63, 3.8) is 0 Å². The molecule has 1 saturated heterocycles. The van der Waals surface area contributed by atoms with Gasteiger partial charge in [-0.2, -0.15) is 0 Å². The number of hydrogen-bond acceptors (Lipinski definition) is 11. The van der Waals surface area contributed by atoms with Crippen molar-refractivity contribution in [3.8, 4) is 0 Å². The monoisotopic (exact) mass is 908 g/mol. The second-order valence-corrected chi connectivity index (χ2v) is 16.2. The van der Waals surface area contributed by atoms with E-state index in [1.54, 1.807) is 13.8 Å². The topological polar surface area (TPSA) is 461 Å². The molecule has 26 nitrogen and oxygen atoms in total. The Hall–Kier alpha value is -6.63. The molecule has 0 bridgehead atoms. The molecule has 1 fully saturated rings. The molecule has 0 spiro atoms. The third-order valence-electron chi connectivity index (χ3n) is 9.65. The zero-order valence-corrected chi connectivity index (χ0v) is 37.7. The highest BCUT2D eigenvalue weighted by atomic mass is 16.2. The van der Waals surface area contributed by atoms with Crippen molar-refractivity contribution in [1.82, 2.24) is 37.2 Å². The van der Waals surface area contributed by atoms with Gasteiger partial charge in [0.25, 0.3) is 0 Å². The van der Waals surface area contributed by atoms with Crippen LogP contribution in [0, 0.1) is 11.8 Å². The maximum absolute atomic E-state index is 14.1. The van der Waals surface area contributed by atoms with Crippen LogP contribution in [-0.2, 0) is 33.6 Å². The molecule has 1 aliphatic rings. The normalized spacial score (nSPS) is 23.1. The Bertz CT molecular complexity index is 1690. The van der Waals surface area contributed by atoms with Crippen molar-refractivity contribution in [2.45, 2.75) is 135 Å². The molecule has 0 aromatic carbocycles. The van der Waals surface area contributed by atoms with Crippen molar-refractivity contribution in [1.29, 1.82) is 0 Å². The Labute approximate surface area is 374 Å². The van der Waals surface area contributed by atoms with Gasteiger partial charge in [-0.1, -0.05) is 27.7 Å². The first-order valence-electron chi connectivity index (χ1n) is 21.4. The first-order chi connectivity index (χ1) is 30.0. The summed E-state index contributed by atoms with van der Waals surface area (Å²) in [6.07, 6.45) is 0.928. The van der Waals surface area contributed by atoms with Crippen LogP contribution < -0.4 is 83.1 Å². The van der Waals surface area contributed by atoms with Crippen molar-refractivity contribution in [2.24, 2.45) is 77.7 Å². The molecular weight excluding hydrogens is 835 g/mol. The van der Waals surface area contributed by atoms with Gasteiger partial charge >= 0.3 is 0 Å². The minimum Gasteiger partial charge on any atom is -0.370 e. The molecule has 362 valence electrons. The lowest BCUT2D eigenvalue weighted by atomic mass is 9.98. The van der Waals surface area contributed by atoms with Crippen LogP contribution >= 0.6 is 0 Å². The maximum Gasteiger partial charge on any atom is 0.243 e. The Kier molecular flexibility index (Phi) is 25.0. The van der Waals surface area contributed by atoms with Crippen LogP contribution in [0.25, 0.3) is 0 Å². The van der Waals surface area contributed by atoms with E-state index in [0.717, 1.165) is 0 Å². The first kappa shape index (κ1) is 55.4. The van der Waals surface area contributed by atoms with Gasteiger partial charge in [0.1, 0.15) is 42.3 Å². The zero-order chi connectivity index (χ0) is 48.5. The van der Waals surface area contributed by atoms with Crippen molar-refractivity contribution >= 4 is 65.2 Å². The summed E-state index contributed by atoms with van der Waals surface area (Å²) in [6, 6.07) is -8.79. The molecule has 7 unspecified atom stereocenters. The second-order valence-electron chi connectivity index (χ2n) is 16.2. The maximum atomic E-state index is 14.1. The average Bonchev–Trinajstić information content (AvgIpc) is 3.19. The highest BCUT2D eigenvalue weighted by molar-refractivity contribution is 5.98. The molecule has 0 aliphatic carbocycles. The number of carbonyl (C=O) groups excluding carboxylic acids is 7. The Morgan fingerprint density at radius 1 is 0.422 bits per heavy atom. The number of hydrogen-bond donors (Lipinski definition) is 15. The lowest BCUT2D eigenvalue weighted by Gasteiger charge is -2.29. The van der Waals surface area contributed by atoms with Crippen LogP contribution in [-0.4, -0.2) is 134 Å². The van der Waals surface area contributed by atoms with E-state index in [-0.39, 0.29) is 114 Å². The fourth-order valence-corrected chi connectivity index (χ4v) is 6.34. The predicted molar refractivity (Wildman–Crippen MR) is 243 cm³/mol. The summed E-state index contributed by atoms with van der Waals surface area (Å²) in [4.78, 5) is 114. The van der Waals surface area contributed by atoms with Crippen molar-refractivity contribution in [2.75, 3.05) is 26.2 Å². The van der Waals surface area contributed by atoms with Gasteiger partial charge in [-0.15, -0.1) is 0 Å². The van der Waals surface area contributed by atoms with E-state index in [1.807, 2.05) is 13.8 Å². The summed E-state index contributed by atoms with van der Waals surface area (Å²) in [5.74, 6) is -6.73. The van der Waals surface area contributed by atoms with E-state index < -0.39 is 89.6 Å². The van der Waals surface area contributed by atoms with Crippen LogP contribution in [0.3, 0.4) is 0 Å². The molecule has 0 saturated carbocycles. The van der Waals surface area contributed by atoms with E-state index >= 15 is 0 Å². The van der Waals surface area contributed by atoms with E-state index in [1.165, 1.54) is 6.92 Å². The van der Waals surface area contributed by atoms with E-state index in [4.69, 9.17) is 45.9 Å². The second kappa shape index (κ2) is 28.9. The number of guanidine groups is 4. The highest BCUT2D eigenvalue weighted by Crippen LogP contribution is 2.12. The number of nitrogens with two attached hydrogens (primary N) is 8. The van der Waals surface area contributed by atoms with Gasteiger partial charge < -0.3 is 83.1 Å². The largest absolute Gasteiger partial charge is 0.370 e. The summed E-state index contributed by atoms with van der Waals surface area (Å²) in [5, 5.41) is 18.7. The fourth-order valence-electron chi connectivity index (χ4n) is 6.34. The molecule has 7 amide bonds. The smallest absolute Gasteiger partial charge is 0.243 e. The molecule has 0 radical (unpaired) electrons.